The van der Waals surface area contributed by atoms with Gasteiger partial charge in [0.15, 0.2) is 25.0 Å². The molecule has 2 fully saturated rings. The van der Waals surface area contributed by atoms with Crippen molar-refractivity contribution in [1.29, 1.82) is 0 Å². The molecule has 0 amide bonds. The van der Waals surface area contributed by atoms with E-state index in [9.17, 15) is 0 Å². The average Bonchev–Trinajstić information content (AvgIpc) is 3.75. The molecular formula is C30H75O12PtSi8+. The Bertz CT molecular complexity index is 990. The van der Waals surface area contributed by atoms with E-state index in [2.05, 4.69) is 124 Å². The van der Waals surface area contributed by atoms with Gasteiger partial charge in [0.05, 0.1) is 33.0 Å². The van der Waals surface area contributed by atoms with Gasteiger partial charge in [-0.25, -0.2) is 0 Å². The van der Waals surface area contributed by atoms with Crippen molar-refractivity contribution in [2.24, 2.45) is 0 Å². The predicted octanol–water partition coefficient (Wildman–Crippen LogP) is 7.63. The van der Waals surface area contributed by atoms with Gasteiger partial charge in [0.2, 0.25) is 0 Å². The van der Waals surface area contributed by atoms with E-state index in [1.54, 1.807) is 6.08 Å². The number of ether oxygens (including phenoxy) is 4. The Morgan fingerprint density at radius 3 is 1.53 bits per heavy atom. The molecule has 308 valence electrons. The summed E-state index contributed by atoms with van der Waals surface area (Å²) in [5.74, 6) is 0. The molecule has 2 aliphatic heterocycles. The fourth-order valence-electron chi connectivity index (χ4n) is 4.98. The molecule has 2 heterocycles. The van der Waals surface area contributed by atoms with Crippen LogP contribution in [0.4, 0.5) is 0 Å². The molecule has 0 spiro atoms. The van der Waals surface area contributed by atoms with Crippen LogP contribution in [0.15, 0.2) is 12.7 Å². The van der Waals surface area contributed by atoms with E-state index in [-0.39, 0.29) is 0 Å². The fraction of sp³-hybridized carbons (Fsp3) is 0.900. The van der Waals surface area contributed by atoms with Gasteiger partial charge in [-0.3, -0.25) is 0 Å². The molecule has 0 N–H and O–H groups in total. The monoisotopic (exact) mass is 1050 g/mol. The molecule has 0 aromatic rings. The minimum atomic E-state index is -2.27. The Morgan fingerprint density at radius 2 is 1.16 bits per heavy atom. The van der Waals surface area contributed by atoms with Crippen molar-refractivity contribution in [2.45, 2.75) is 136 Å². The summed E-state index contributed by atoms with van der Waals surface area (Å²) < 4.78 is 75.4. The summed E-state index contributed by atoms with van der Waals surface area (Å²) in [7, 11) is -14.6. The first-order valence-corrected chi connectivity index (χ1v) is 43.2. The quantitative estimate of drug-likeness (QED) is 0.0347. The van der Waals surface area contributed by atoms with Crippen molar-refractivity contribution < 1.29 is 68.9 Å². The first-order chi connectivity index (χ1) is 22.9. The number of hydrogen-bond donors (Lipinski definition) is 0. The van der Waals surface area contributed by atoms with E-state index in [1.165, 1.54) is 0 Å². The van der Waals surface area contributed by atoms with Gasteiger partial charge >= 0.3 is 59.3 Å². The van der Waals surface area contributed by atoms with E-state index in [0.717, 1.165) is 38.9 Å². The van der Waals surface area contributed by atoms with Crippen LogP contribution in [-0.4, -0.2) is 120 Å². The predicted molar refractivity (Wildman–Crippen MR) is 221 cm³/mol. The summed E-state index contributed by atoms with van der Waals surface area (Å²) in [5, 5.41) is 0. The molecule has 4 atom stereocenters. The third-order valence-electron chi connectivity index (χ3n) is 5.59. The second kappa shape index (κ2) is 24.8. The molecule has 0 bridgehead atoms. The van der Waals surface area contributed by atoms with E-state index in [1.807, 2.05) is 0 Å². The van der Waals surface area contributed by atoms with E-state index >= 15 is 0 Å². The SMILES string of the molecule is C=CCOCC1CO1.C[Si](C)(C)O[Si](C)(C)O[Si](C)(CCCOCC1CO1)O[Si](C)(C)C.[CH2+][Si](C)(C)O[Si](C)(C)O[SiH](C)O[Si](C)(C)C.[O]=[Pt]=[O]. The summed E-state index contributed by atoms with van der Waals surface area (Å²) in [6.07, 6.45) is 3.43. The number of rotatable bonds is 22. The van der Waals surface area contributed by atoms with Crippen molar-refractivity contribution in [3.05, 3.63) is 19.2 Å². The number of hydrogen-bond acceptors (Lipinski definition) is 12. The zero-order valence-electron chi connectivity index (χ0n) is 35.1. The van der Waals surface area contributed by atoms with Crippen LogP contribution in [0.2, 0.25) is 117 Å². The van der Waals surface area contributed by atoms with Crippen LogP contribution in [-0.2, 0) is 68.9 Å². The van der Waals surface area contributed by atoms with Gasteiger partial charge in [-0.2, -0.15) is 0 Å². The maximum absolute atomic E-state index is 8.49. The van der Waals surface area contributed by atoms with Crippen molar-refractivity contribution in [3.8, 4) is 0 Å². The summed E-state index contributed by atoms with van der Waals surface area (Å²) in [4.78, 5) is 0. The second-order valence-electron chi connectivity index (χ2n) is 17.2. The van der Waals surface area contributed by atoms with Crippen LogP contribution in [0.25, 0.3) is 0 Å². The van der Waals surface area contributed by atoms with Gasteiger partial charge in [0.1, 0.15) is 12.2 Å². The summed E-state index contributed by atoms with van der Waals surface area (Å²) in [6.45, 7) is 49.1. The van der Waals surface area contributed by atoms with Crippen LogP contribution in [0, 0.1) is 6.55 Å². The van der Waals surface area contributed by atoms with E-state index < -0.39 is 86.7 Å². The third-order valence-corrected chi connectivity index (χ3v) is 31.1. The molecule has 0 radical (unpaired) electrons. The minimum absolute atomic E-state index is 0.333. The molecule has 2 saturated heterocycles. The molecule has 21 heteroatoms. The molecule has 51 heavy (non-hydrogen) atoms. The van der Waals surface area contributed by atoms with Gasteiger partial charge in [-0.15, -0.1) is 6.58 Å². The van der Waals surface area contributed by atoms with Crippen LogP contribution >= 0.6 is 0 Å². The maximum atomic E-state index is 8.49. The van der Waals surface area contributed by atoms with E-state index in [0.29, 0.717) is 25.4 Å². The molecule has 12 nitrogen and oxygen atoms in total. The first-order valence-electron chi connectivity index (χ1n) is 17.7. The van der Waals surface area contributed by atoms with Crippen molar-refractivity contribution in [1.82, 2.24) is 0 Å². The van der Waals surface area contributed by atoms with Gasteiger partial charge in [-0.05, 0) is 124 Å². The first kappa shape index (κ1) is 54.3. The normalized spacial score (nSPS) is 19.6. The van der Waals surface area contributed by atoms with Gasteiger partial charge < -0.3 is 43.6 Å². The Hall–Kier alpha value is 1.23. The fourth-order valence-corrected chi connectivity index (χ4v) is 36.7. The van der Waals surface area contributed by atoms with Gasteiger partial charge in [0, 0.05) is 13.2 Å². The molecule has 4 unspecified atom stereocenters. The van der Waals surface area contributed by atoms with Crippen LogP contribution in [0.1, 0.15) is 6.42 Å². The summed E-state index contributed by atoms with van der Waals surface area (Å²) in [6, 6.07) is 0.953. The van der Waals surface area contributed by atoms with Crippen LogP contribution < -0.4 is 0 Å². The molecule has 0 aromatic carbocycles. The van der Waals surface area contributed by atoms with Crippen LogP contribution in [0.3, 0.4) is 0 Å². The number of epoxide rings is 2. The summed E-state index contributed by atoms with van der Waals surface area (Å²) in [5.41, 5.74) is 0. The van der Waals surface area contributed by atoms with Crippen molar-refractivity contribution in [3.63, 3.8) is 0 Å². The molecule has 0 saturated carbocycles. The average molecular weight is 1050 g/mol. The summed E-state index contributed by atoms with van der Waals surface area (Å²) >= 11 is -1.92. The van der Waals surface area contributed by atoms with Gasteiger partial charge in [-0.1, -0.05) is 6.08 Å². The van der Waals surface area contributed by atoms with E-state index in [4.69, 9.17) is 50.4 Å². The zero-order chi connectivity index (χ0) is 40.4. The van der Waals surface area contributed by atoms with Gasteiger partial charge in [0.25, 0.3) is 9.28 Å². The molecule has 2 aliphatic rings. The third kappa shape index (κ3) is 40.7. The molecule has 0 aromatic heterocycles. The standard InChI is InChI=1S/C15H38O5Si4.C9H27O3Si4.C6H10O2.2O.Pt/c1-21(2,3)18-23(7,8)20-24(9,19-22(4,5)6)12-10-11-16-13-15-14-17-15;1-13(10-14(2,3)4)11-16(8,9)12-15(5,6)7;1-2-3-7-4-6-5-8-6;;;/h15H,10-14H2,1-9H3;13H,5H2,1-4,6-9H3;2,6H,1,3-5H2;;;/q;+1;;;;. The molecule has 0 aliphatic carbocycles. The Kier molecular flexibility index (Phi) is 26.4. The Balaban J connectivity index is 0. The van der Waals surface area contributed by atoms with Crippen molar-refractivity contribution >= 4 is 68.2 Å². The van der Waals surface area contributed by atoms with Crippen molar-refractivity contribution in [2.75, 3.05) is 39.6 Å². The van der Waals surface area contributed by atoms with Crippen LogP contribution in [0.5, 0.6) is 0 Å². The Morgan fingerprint density at radius 1 is 0.706 bits per heavy atom. The topological polar surface area (TPSA) is 133 Å². The molecular weight excluding hydrogens is 972 g/mol. The second-order valence-corrected chi connectivity index (χ2v) is 48.4. The zero-order valence-corrected chi connectivity index (χ0v) is 45.5. The molecule has 2 rings (SSSR count). The Labute approximate surface area is 330 Å².